The number of phenolic OH excluding ortho intramolecular Hbond substituents is 1. The molecule has 21 heavy (non-hydrogen) atoms. The number of anilines is 1. The molecule has 0 spiro atoms. The van der Waals surface area contributed by atoms with Crippen molar-refractivity contribution >= 4 is 34.2 Å². The molecule has 1 amide bonds. The van der Waals surface area contributed by atoms with Gasteiger partial charge < -0.3 is 20.9 Å². The number of hydrogen-bond acceptors (Lipinski definition) is 4. The van der Waals surface area contributed by atoms with Gasteiger partial charge in [0, 0.05) is 15.8 Å². The van der Waals surface area contributed by atoms with Gasteiger partial charge in [0.05, 0.1) is 5.56 Å². The van der Waals surface area contributed by atoms with Crippen molar-refractivity contribution in [3.63, 3.8) is 0 Å². The fraction of sp³-hybridized carbons (Fsp3) is 0.133. The molecule has 110 valence electrons. The summed E-state index contributed by atoms with van der Waals surface area (Å²) in [5.74, 6) is 0.285. The van der Waals surface area contributed by atoms with Crippen LogP contribution in [0.15, 0.2) is 42.5 Å². The molecule has 0 radical (unpaired) electrons. The second kappa shape index (κ2) is 7.28. The van der Waals surface area contributed by atoms with Gasteiger partial charge in [-0.3, -0.25) is 4.79 Å². The normalized spacial score (nSPS) is 10.2. The smallest absolute Gasteiger partial charge is 0.259 e. The van der Waals surface area contributed by atoms with E-state index in [1.165, 1.54) is 6.07 Å². The summed E-state index contributed by atoms with van der Waals surface area (Å²) in [5.41, 5.74) is 6.22. The van der Waals surface area contributed by atoms with Crippen LogP contribution in [0.3, 0.4) is 0 Å². The number of phenols is 1. The molecule has 0 aliphatic carbocycles. The van der Waals surface area contributed by atoms with Crippen LogP contribution in [-0.4, -0.2) is 24.2 Å². The quantitative estimate of drug-likeness (QED) is 0.677. The predicted octanol–water partition coefficient (Wildman–Crippen LogP) is 2.59. The fourth-order valence-electron chi connectivity index (χ4n) is 1.70. The number of nitrogens with two attached hydrogens (primary N) is 1. The third kappa shape index (κ3) is 4.33. The minimum absolute atomic E-state index is 0.0455. The molecular weight excluding hydrogens is 383 g/mol. The Balaban J connectivity index is 2.07. The zero-order valence-corrected chi connectivity index (χ0v) is 13.3. The Hall–Kier alpha value is -1.80. The van der Waals surface area contributed by atoms with Gasteiger partial charge in [-0.15, -0.1) is 0 Å². The monoisotopic (exact) mass is 398 g/mol. The highest BCUT2D eigenvalue weighted by molar-refractivity contribution is 14.1. The average Bonchev–Trinajstić information content (AvgIpc) is 2.49. The van der Waals surface area contributed by atoms with Crippen LogP contribution >= 0.6 is 22.6 Å². The maximum atomic E-state index is 12.1. The number of carbonyl (C=O) groups is 1. The van der Waals surface area contributed by atoms with Crippen molar-refractivity contribution in [1.29, 1.82) is 0 Å². The second-order valence-electron chi connectivity index (χ2n) is 4.28. The summed E-state index contributed by atoms with van der Waals surface area (Å²) in [5, 5.41) is 12.5. The van der Waals surface area contributed by atoms with Crippen molar-refractivity contribution in [2.45, 2.75) is 0 Å². The van der Waals surface area contributed by atoms with E-state index in [2.05, 4.69) is 27.9 Å². The van der Waals surface area contributed by atoms with E-state index in [1.54, 1.807) is 36.4 Å². The van der Waals surface area contributed by atoms with Crippen molar-refractivity contribution in [2.75, 3.05) is 18.5 Å². The molecule has 0 bridgehead atoms. The highest BCUT2D eigenvalue weighted by Crippen LogP contribution is 2.22. The summed E-state index contributed by atoms with van der Waals surface area (Å²) in [6.07, 6.45) is 0. The van der Waals surface area contributed by atoms with Crippen LogP contribution in [0.2, 0.25) is 0 Å². The largest absolute Gasteiger partial charge is 0.507 e. The lowest BCUT2D eigenvalue weighted by atomic mass is 10.2. The molecule has 0 aliphatic rings. The Labute approximate surface area is 136 Å². The van der Waals surface area contributed by atoms with Crippen LogP contribution in [-0.2, 0) is 0 Å². The minimum atomic E-state index is -0.360. The maximum absolute atomic E-state index is 12.1. The zero-order valence-electron chi connectivity index (χ0n) is 11.2. The molecule has 0 saturated heterocycles. The van der Waals surface area contributed by atoms with Gasteiger partial charge in [-0.1, -0.05) is 0 Å². The van der Waals surface area contributed by atoms with E-state index in [9.17, 15) is 9.90 Å². The third-order valence-electron chi connectivity index (χ3n) is 2.70. The number of hydrogen-bond donors (Lipinski definition) is 3. The van der Waals surface area contributed by atoms with Crippen molar-refractivity contribution in [3.05, 3.63) is 51.6 Å². The van der Waals surface area contributed by atoms with Crippen LogP contribution < -0.4 is 15.8 Å². The van der Waals surface area contributed by atoms with Crippen molar-refractivity contribution in [1.82, 2.24) is 0 Å². The van der Waals surface area contributed by atoms with Gasteiger partial charge in [-0.05, 0) is 65.1 Å². The van der Waals surface area contributed by atoms with Gasteiger partial charge in [0.15, 0.2) is 0 Å². The molecule has 0 unspecified atom stereocenters. The van der Waals surface area contributed by atoms with E-state index in [0.29, 0.717) is 24.6 Å². The molecule has 0 atom stereocenters. The highest BCUT2D eigenvalue weighted by atomic mass is 127. The molecule has 0 aliphatic heterocycles. The number of benzene rings is 2. The Morgan fingerprint density at radius 2 is 1.95 bits per heavy atom. The van der Waals surface area contributed by atoms with Crippen LogP contribution in [0, 0.1) is 3.57 Å². The van der Waals surface area contributed by atoms with Gasteiger partial charge in [0.25, 0.3) is 5.91 Å². The molecule has 2 aromatic carbocycles. The molecule has 2 aromatic rings. The SMILES string of the molecule is NCCOc1ccc(NC(=O)c2cc(I)ccc2O)cc1. The highest BCUT2D eigenvalue weighted by Gasteiger charge is 2.11. The van der Waals surface area contributed by atoms with E-state index in [4.69, 9.17) is 10.5 Å². The summed E-state index contributed by atoms with van der Waals surface area (Å²) in [6, 6.07) is 11.8. The lowest BCUT2D eigenvalue weighted by Gasteiger charge is -2.09. The third-order valence-corrected chi connectivity index (χ3v) is 3.37. The second-order valence-corrected chi connectivity index (χ2v) is 5.52. The predicted molar refractivity (Wildman–Crippen MR) is 89.8 cm³/mol. The van der Waals surface area contributed by atoms with Crippen LogP contribution in [0.1, 0.15) is 10.4 Å². The Morgan fingerprint density at radius 3 is 2.62 bits per heavy atom. The standard InChI is InChI=1S/C15H15IN2O3/c16-10-1-6-14(19)13(9-10)15(20)18-11-2-4-12(5-3-11)21-8-7-17/h1-6,9,19H,7-8,17H2,(H,18,20). The van der Waals surface area contributed by atoms with E-state index < -0.39 is 0 Å². The van der Waals surface area contributed by atoms with E-state index in [1.807, 2.05) is 0 Å². The van der Waals surface area contributed by atoms with Crippen molar-refractivity contribution in [3.8, 4) is 11.5 Å². The molecule has 0 heterocycles. The first-order valence-corrected chi connectivity index (χ1v) is 7.41. The summed E-state index contributed by atoms with van der Waals surface area (Å²) in [7, 11) is 0. The first-order valence-electron chi connectivity index (χ1n) is 6.33. The zero-order chi connectivity index (χ0) is 15.2. The lowest BCUT2D eigenvalue weighted by Crippen LogP contribution is -2.12. The van der Waals surface area contributed by atoms with Crippen molar-refractivity contribution < 1.29 is 14.6 Å². The molecule has 0 saturated carbocycles. The summed E-state index contributed by atoms with van der Waals surface area (Å²) in [6.45, 7) is 0.895. The lowest BCUT2D eigenvalue weighted by molar-refractivity contribution is 0.102. The first-order chi connectivity index (χ1) is 10.1. The Bertz CT molecular complexity index is 629. The van der Waals surface area contributed by atoms with Gasteiger partial charge in [-0.25, -0.2) is 0 Å². The molecular formula is C15H15IN2O3. The number of ether oxygens (including phenoxy) is 1. The first kappa shape index (κ1) is 15.6. The van der Waals surface area contributed by atoms with E-state index in [-0.39, 0.29) is 17.2 Å². The summed E-state index contributed by atoms with van der Waals surface area (Å²) >= 11 is 2.09. The van der Waals surface area contributed by atoms with Gasteiger partial charge in [0.1, 0.15) is 18.1 Å². The molecule has 0 fully saturated rings. The molecule has 6 heteroatoms. The maximum Gasteiger partial charge on any atom is 0.259 e. The number of amides is 1. The minimum Gasteiger partial charge on any atom is -0.507 e. The van der Waals surface area contributed by atoms with Gasteiger partial charge in [0.2, 0.25) is 0 Å². The van der Waals surface area contributed by atoms with Gasteiger partial charge >= 0.3 is 0 Å². The molecule has 2 rings (SSSR count). The number of carbonyl (C=O) groups excluding carboxylic acids is 1. The number of halogens is 1. The Morgan fingerprint density at radius 1 is 1.24 bits per heavy atom. The molecule has 0 aromatic heterocycles. The van der Waals surface area contributed by atoms with E-state index >= 15 is 0 Å². The molecule has 4 N–H and O–H groups in total. The number of aromatic hydroxyl groups is 1. The Kier molecular flexibility index (Phi) is 5.40. The summed E-state index contributed by atoms with van der Waals surface area (Å²) in [4.78, 5) is 12.1. The van der Waals surface area contributed by atoms with Crippen LogP contribution in [0.4, 0.5) is 5.69 Å². The number of nitrogens with one attached hydrogen (secondary N) is 1. The van der Waals surface area contributed by atoms with Gasteiger partial charge in [-0.2, -0.15) is 0 Å². The fourth-order valence-corrected chi connectivity index (χ4v) is 2.19. The molecule has 5 nitrogen and oxygen atoms in total. The van der Waals surface area contributed by atoms with Crippen LogP contribution in [0.25, 0.3) is 0 Å². The van der Waals surface area contributed by atoms with Crippen LogP contribution in [0.5, 0.6) is 11.5 Å². The number of rotatable bonds is 5. The topological polar surface area (TPSA) is 84.6 Å². The van der Waals surface area contributed by atoms with E-state index in [0.717, 1.165) is 3.57 Å². The average molecular weight is 398 g/mol. The summed E-state index contributed by atoms with van der Waals surface area (Å²) < 4.78 is 6.23. The van der Waals surface area contributed by atoms with Crippen molar-refractivity contribution in [2.24, 2.45) is 5.73 Å².